The maximum Gasteiger partial charge on any atom is 0.452 e. The summed E-state index contributed by atoms with van der Waals surface area (Å²) in [5, 5.41) is 0. The molecular formula is C15H16N4O4S. The highest BCUT2D eigenvalue weighted by molar-refractivity contribution is 7.82. The van der Waals surface area contributed by atoms with Gasteiger partial charge in [0.2, 0.25) is 0 Å². The lowest BCUT2D eigenvalue weighted by atomic mass is 9.79. The number of nitrogens with two attached hydrogens (primary N) is 2. The Morgan fingerprint density at radius 1 is 1.17 bits per heavy atom. The van der Waals surface area contributed by atoms with Crippen molar-refractivity contribution in [2.24, 2.45) is 0 Å². The molecule has 0 amide bonds. The lowest BCUT2D eigenvalue weighted by molar-refractivity contribution is 0.154. The smallest absolute Gasteiger partial charge is 0.394 e. The van der Waals surface area contributed by atoms with Gasteiger partial charge in [0.15, 0.2) is 5.82 Å². The molecule has 24 heavy (non-hydrogen) atoms. The summed E-state index contributed by atoms with van der Waals surface area (Å²) in [5.41, 5.74) is 14.3. The fourth-order valence-corrected chi connectivity index (χ4v) is 4.16. The van der Waals surface area contributed by atoms with E-state index >= 15 is 0 Å². The SMILES string of the molecule is Nc1nc2nc(c1N)C(C1CCCc3ccccc31)OS(=O)(=O)O2. The van der Waals surface area contributed by atoms with Crippen LogP contribution in [0.3, 0.4) is 0 Å². The van der Waals surface area contributed by atoms with Gasteiger partial charge in [-0.05, 0) is 30.4 Å². The fourth-order valence-electron chi connectivity index (χ4n) is 3.38. The van der Waals surface area contributed by atoms with E-state index in [9.17, 15) is 8.42 Å². The number of benzene rings is 1. The minimum atomic E-state index is -4.30. The van der Waals surface area contributed by atoms with Crippen LogP contribution in [0, 0.1) is 0 Å². The average Bonchev–Trinajstić information content (AvgIpc) is 2.66. The quantitative estimate of drug-likeness (QED) is 0.792. The van der Waals surface area contributed by atoms with Crippen LogP contribution in [-0.4, -0.2) is 18.4 Å². The van der Waals surface area contributed by atoms with E-state index in [2.05, 4.69) is 9.97 Å². The van der Waals surface area contributed by atoms with Crippen LogP contribution in [0.15, 0.2) is 24.3 Å². The van der Waals surface area contributed by atoms with Gasteiger partial charge in [-0.3, -0.25) is 0 Å². The number of nitrogens with zero attached hydrogens (tertiary/aromatic N) is 2. The molecule has 2 atom stereocenters. The molecule has 2 aromatic rings. The highest BCUT2D eigenvalue weighted by Crippen LogP contribution is 2.46. The first-order valence-corrected chi connectivity index (χ1v) is 8.91. The van der Waals surface area contributed by atoms with Gasteiger partial charge >= 0.3 is 16.4 Å². The molecule has 4 N–H and O–H groups in total. The molecule has 1 aliphatic carbocycles. The Labute approximate surface area is 139 Å². The average molecular weight is 348 g/mol. The van der Waals surface area contributed by atoms with Gasteiger partial charge in [0.1, 0.15) is 11.8 Å². The second-order valence-electron chi connectivity index (χ2n) is 5.90. The first-order valence-electron chi connectivity index (χ1n) is 7.58. The molecule has 2 heterocycles. The van der Waals surface area contributed by atoms with E-state index in [1.165, 1.54) is 5.56 Å². The summed E-state index contributed by atoms with van der Waals surface area (Å²) in [4.78, 5) is 7.86. The van der Waals surface area contributed by atoms with Gasteiger partial charge in [0.25, 0.3) is 0 Å². The van der Waals surface area contributed by atoms with Crippen molar-refractivity contribution in [3.63, 3.8) is 0 Å². The molecule has 0 saturated carbocycles. The summed E-state index contributed by atoms with van der Waals surface area (Å²) in [6.07, 6.45) is 1.70. The van der Waals surface area contributed by atoms with Gasteiger partial charge in [-0.2, -0.15) is 18.4 Å². The van der Waals surface area contributed by atoms with Crippen molar-refractivity contribution in [1.29, 1.82) is 0 Å². The monoisotopic (exact) mass is 348 g/mol. The minimum Gasteiger partial charge on any atom is -0.394 e. The van der Waals surface area contributed by atoms with Crippen molar-refractivity contribution < 1.29 is 16.8 Å². The van der Waals surface area contributed by atoms with E-state index in [0.717, 1.165) is 24.8 Å². The van der Waals surface area contributed by atoms with Crippen LogP contribution in [0.5, 0.6) is 6.01 Å². The third-order valence-corrected chi connectivity index (χ3v) is 5.23. The molecule has 8 nitrogen and oxygen atoms in total. The summed E-state index contributed by atoms with van der Waals surface area (Å²) in [6, 6.07) is 7.52. The Morgan fingerprint density at radius 3 is 2.79 bits per heavy atom. The summed E-state index contributed by atoms with van der Waals surface area (Å²) in [6.45, 7) is 0. The first-order chi connectivity index (χ1) is 11.4. The van der Waals surface area contributed by atoms with Crippen LogP contribution in [0.1, 0.15) is 41.7 Å². The van der Waals surface area contributed by atoms with Gasteiger partial charge in [0, 0.05) is 5.92 Å². The number of fused-ring (bicyclic) bond motifs is 3. The van der Waals surface area contributed by atoms with Gasteiger partial charge in [-0.1, -0.05) is 24.3 Å². The van der Waals surface area contributed by atoms with Crippen molar-refractivity contribution in [3.05, 3.63) is 41.1 Å². The summed E-state index contributed by atoms with van der Waals surface area (Å²) >= 11 is 0. The minimum absolute atomic E-state index is 0.0233. The van der Waals surface area contributed by atoms with Crippen molar-refractivity contribution >= 4 is 21.9 Å². The molecule has 0 radical (unpaired) electrons. The number of hydrogen-bond acceptors (Lipinski definition) is 8. The molecular weight excluding hydrogens is 332 g/mol. The van der Waals surface area contributed by atoms with E-state index in [-0.39, 0.29) is 29.1 Å². The topological polar surface area (TPSA) is 130 Å². The summed E-state index contributed by atoms with van der Waals surface area (Å²) in [5.74, 6) is -0.235. The molecule has 0 fully saturated rings. The fraction of sp³-hybridized carbons (Fsp3) is 0.333. The lowest BCUT2D eigenvalue weighted by Gasteiger charge is -2.30. The number of aryl methyl sites for hydroxylation is 1. The predicted octanol–water partition coefficient (Wildman–Crippen LogP) is 1.46. The summed E-state index contributed by atoms with van der Waals surface area (Å²) in [7, 11) is -4.30. The van der Waals surface area contributed by atoms with Gasteiger partial charge < -0.3 is 15.7 Å². The largest absolute Gasteiger partial charge is 0.452 e. The number of aromatic nitrogens is 2. The van der Waals surface area contributed by atoms with Gasteiger partial charge in [-0.25, -0.2) is 4.18 Å². The van der Waals surface area contributed by atoms with Crippen molar-refractivity contribution in [1.82, 2.24) is 9.97 Å². The lowest BCUT2D eigenvalue weighted by Crippen LogP contribution is -2.23. The zero-order valence-corrected chi connectivity index (χ0v) is 13.5. The Hall–Kier alpha value is -2.39. The molecule has 1 aromatic heterocycles. The molecule has 9 heteroatoms. The third kappa shape index (κ3) is 2.45. The second kappa shape index (κ2) is 5.32. The van der Waals surface area contributed by atoms with Crippen molar-refractivity contribution in [3.8, 4) is 6.01 Å². The second-order valence-corrected chi connectivity index (χ2v) is 7.07. The molecule has 1 aromatic carbocycles. The van der Waals surface area contributed by atoms with Gasteiger partial charge in [-0.15, -0.1) is 0 Å². The standard InChI is InChI=1S/C15H16N4O4S/c16-11-12-13(10-7-3-5-8-4-1-2-6-9(8)10)22-24(20,21)23-15(18-12)19-14(11)17/h1-2,4,6,10,13H,3,5,7,16H2,(H2,17,18,19). The molecule has 4 rings (SSSR count). The third-order valence-electron chi connectivity index (χ3n) is 4.43. The zero-order chi connectivity index (χ0) is 16.9. The molecule has 0 spiro atoms. The zero-order valence-electron chi connectivity index (χ0n) is 12.7. The highest BCUT2D eigenvalue weighted by atomic mass is 32.3. The number of anilines is 2. The van der Waals surface area contributed by atoms with E-state index in [1.54, 1.807) is 0 Å². The summed E-state index contributed by atoms with van der Waals surface area (Å²) < 4.78 is 34.2. The first kappa shape index (κ1) is 15.2. The molecule has 1 aliphatic heterocycles. The molecule has 2 bridgehead atoms. The Bertz CT molecular complexity index is 916. The Balaban J connectivity index is 1.89. The maximum atomic E-state index is 12.1. The predicted molar refractivity (Wildman–Crippen MR) is 86.4 cm³/mol. The van der Waals surface area contributed by atoms with Crippen LogP contribution < -0.4 is 15.7 Å². The van der Waals surface area contributed by atoms with Crippen LogP contribution in [0.25, 0.3) is 0 Å². The van der Waals surface area contributed by atoms with Crippen LogP contribution in [-0.2, 0) is 21.0 Å². The van der Waals surface area contributed by atoms with Crippen molar-refractivity contribution in [2.45, 2.75) is 31.3 Å². The van der Waals surface area contributed by atoms with E-state index < -0.39 is 16.5 Å². The molecule has 2 unspecified atom stereocenters. The number of hydrogen-bond donors (Lipinski definition) is 2. The van der Waals surface area contributed by atoms with Crippen LogP contribution in [0.4, 0.5) is 11.5 Å². The Kier molecular flexibility index (Phi) is 3.36. The van der Waals surface area contributed by atoms with Crippen LogP contribution >= 0.6 is 0 Å². The highest BCUT2D eigenvalue weighted by Gasteiger charge is 2.39. The van der Waals surface area contributed by atoms with Crippen LogP contribution in [0.2, 0.25) is 0 Å². The number of rotatable bonds is 1. The molecule has 2 aliphatic rings. The molecule has 0 saturated heterocycles. The normalized spacial score (nSPS) is 24.5. The Morgan fingerprint density at radius 2 is 1.96 bits per heavy atom. The maximum absolute atomic E-state index is 12.1. The molecule has 126 valence electrons. The van der Waals surface area contributed by atoms with E-state index in [4.69, 9.17) is 19.8 Å². The van der Waals surface area contributed by atoms with E-state index in [1.807, 2.05) is 24.3 Å². The van der Waals surface area contributed by atoms with Gasteiger partial charge in [0.05, 0.1) is 5.69 Å². The van der Waals surface area contributed by atoms with E-state index in [0.29, 0.717) is 0 Å². The van der Waals surface area contributed by atoms with Crippen molar-refractivity contribution in [2.75, 3.05) is 11.5 Å². The number of nitrogen functional groups attached to an aromatic ring is 2.